The van der Waals surface area contributed by atoms with E-state index >= 15 is 0 Å². The van der Waals surface area contributed by atoms with Crippen molar-refractivity contribution in [2.75, 3.05) is 11.9 Å². The highest BCUT2D eigenvalue weighted by molar-refractivity contribution is 5.94. The quantitative estimate of drug-likeness (QED) is 0.840. The van der Waals surface area contributed by atoms with Gasteiger partial charge in [0, 0.05) is 11.8 Å². The van der Waals surface area contributed by atoms with E-state index in [1.54, 1.807) is 6.07 Å². The van der Waals surface area contributed by atoms with Gasteiger partial charge in [-0.1, -0.05) is 0 Å². The summed E-state index contributed by atoms with van der Waals surface area (Å²) in [5.74, 6) is -3.56. The van der Waals surface area contributed by atoms with Crippen LogP contribution in [0.3, 0.4) is 0 Å². The van der Waals surface area contributed by atoms with Crippen LogP contribution < -0.4 is 10.6 Å². The molecule has 144 valence electrons. The Bertz CT molecular complexity index is 1010. The van der Waals surface area contributed by atoms with Gasteiger partial charge in [-0.3, -0.25) is 9.78 Å². The summed E-state index contributed by atoms with van der Waals surface area (Å²) in [5.41, 5.74) is 0.0321. The summed E-state index contributed by atoms with van der Waals surface area (Å²) < 4.78 is 41.3. The number of fused-ring (bicyclic) bond motifs is 1. The highest BCUT2D eigenvalue weighted by Gasteiger charge is 2.28. The number of aromatic nitrogens is 1. The van der Waals surface area contributed by atoms with Crippen LogP contribution in [0.25, 0.3) is 0 Å². The van der Waals surface area contributed by atoms with Crippen molar-refractivity contribution in [2.24, 2.45) is 0 Å². The number of hydrogen-bond donors (Lipinski definition) is 2. The van der Waals surface area contributed by atoms with Crippen LogP contribution in [-0.4, -0.2) is 28.4 Å². The molecule has 1 aliphatic rings. The van der Waals surface area contributed by atoms with Gasteiger partial charge in [-0.25, -0.2) is 18.0 Å². The zero-order chi connectivity index (χ0) is 20.4. The van der Waals surface area contributed by atoms with E-state index in [9.17, 15) is 22.8 Å². The van der Waals surface area contributed by atoms with Gasteiger partial charge in [-0.15, -0.1) is 0 Å². The third kappa shape index (κ3) is 3.73. The Balaban J connectivity index is 1.68. The van der Waals surface area contributed by atoms with Crippen LogP contribution in [0, 0.1) is 28.8 Å². The number of pyridine rings is 1. The fraction of sp³-hybridized carbons (Fsp3) is 0.222. The summed E-state index contributed by atoms with van der Waals surface area (Å²) in [7, 11) is 0. The van der Waals surface area contributed by atoms with E-state index in [0.717, 1.165) is 17.0 Å². The first kappa shape index (κ1) is 19.2. The van der Waals surface area contributed by atoms with Crippen molar-refractivity contribution in [1.29, 1.82) is 5.26 Å². The Kier molecular flexibility index (Phi) is 5.17. The summed E-state index contributed by atoms with van der Waals surface area (Å²) in [6.07, 6.45) is 1.17. The fourth-order valence-electron chi connectivity index (χ4n) is 2.81. The molecule has 0 radical (unpaired) electrons. The summed E-state index contributed by atoms with van der Waals surface area (Å²) >= 11 is 0. The smallest absolute Gasteiger partial charge is 0.322 e. The number of halogens is 3. The average Bonchev–Trinajstić information content (AvgIpc) is 2.65. The van der Waals surface area contributed by atoms with Crippen LogP contribution in [-0.2, 0) is 11.3 Å². The lowest BCUT2D eigenvalue weighted by Gasteiger charge is -2.29. The molecular weight excluding hydrogens is 375 g/mol. The molecule has 1 atom stereocenters. The first-order valence-electron chi connectivity index (χ1n) is 8.18. The second-order valence-corrected chi connectivity index (χ2v) is 6.17. The van der Waals surface area contributed by atoms with Crippen molar-refractivity contribution >= 4 is 17.6 Å². The Morgan fingerprint density at radius 2 is 2.14 bits per heavy atom. The predicted octanol–water partition coefficient (Wildman–Crippen LogP) is 2.60. The fourth-order valence-corrected chi connectivity index (χ4v) is 2.81. The van der Waals surface area contributed by atoms with Gasteiger partial charge in [0.15, 0.2) is 11.6 Å². The normalized spacial score (nSPS) is 14.0. The molecule has 2 N–H and O–H groups in total. The van der Waals surface area contributed by atoms with Crippen molar-refractivity contribution in [3.05, 3.63) is 58.7 Å². The molecule has 0 saturated carbocycles. The molecule has 0 aliphatic carbocycles. The van der Waals surface area contributed by atoms with Crippen LogP contribution in [0.1, 0.15) is 29.8 Å². The molecule has 7 nitrogen and oxygen atoms in total. The minimum absolute atomic E-state index is 0.0395. The summed E-state index contributed by atoms with van der Waals surface area (Å²) in [4.78, 5) is 29.1. The van der Waals surface area contributed by atoms with Gasteiger partial charge in [-0.2, -0.15) is 5.26 Å². The molecule has 2 aromatic rings. The van der Waals surface area contributed by atoms with Gasteiger partial charge in [0.05, 0.1) is 29.5 Å². The number of nitrogens with zero attached hydrogens (tertiary/aromatic N) is 3. The van der Waals surface area contributed by atoms with Crippen molar-refractivity contribution in [1.82, 2.24) is 15.2 Å². The molecule has 1 unspecified atom stereocenters. The molecule has 0 fully saturated rings. The van der Waals surface area contributed by atoms with E-state index < -0.39 is 42.0 Å². The number of hydrogen-bond acceptors (Lipinski definition) is 4. The zero-order valence-electron chi connectivity index (χ0n) is 14.6. The van der Waals surface area contributed by atoms with Crippen molar-refractivity contribution in [3.63, 3.8) is 0 Å². The molecule has 3 amide bonds. The number of rotatable bonds is 4. The monoisotopic (exact) mass is 389 g/mol. The second kappa shape index (κ2) is 7.56. The first-order chi connectivity index (χ1) is 13.3. The Morgan fingerprint density at radius 3 is 2.82 bits per heavy atom. The molecule has 3 rings (SSSR count). The number of amides is 3. The largest absolute Gasteiger partial charge is 0.346 e. The van der Waals surface area contributed by atoms with Gasteiger partial charge >= 0.3 is 6.03 Å². The number of nitriles is 1. The first-order valence-corrected chi connectivity index (χ1v) is 8.18. The minimum atomic E-state index is -1.10. The maximum absolute atomic E-state index is 14.0. The molecule has 1 aromatic carbocycles. The van der Waals surface area contributed by atoms with Crippen LogP contribution in [0.15, 0.2) is 24.4 Å². The minimum Gasteiger partial charge on any atom is -0.346 e. The summed E-state index contributed by atoms with van der Waals surface area (Å²) in [6, 6.07) is 3.40. The maximum atomic E-state index is 14.0. The van der Waals surface area contributed by atoms with Gasteiger partial charge < -0.3 is 15.5 Å². The standard InChI is InChI=1S/C18H14F3N5O2/c1-9(17-13(20)4-10(5-22)6-23-17)24-15(27)8-26-7-11-14(25-18(26)28)3-2-12(19)16(11)21/h2-4,6,9H,7-8H2,1H3,(H,24,27)(H,25,28). The lowest BCUT2D eigenvalue weighted by atomic mass is 10.1. The highest BCUT2D eigenvalue weighted by atomic mass is 19.2. The molecule has 0 saturated heterocycles. The Morgan fingerprint density at radius 1 is 1.39 bits per heavy atom. The number of anilines is 1. The van der Waals surface area contributed by atoms with Gasteiger partial charge in [0.1, 0.15) is 18.4 Å². The van der Waals surface area contributed by atoms with Crippen molar-refractivity contribution < 1.29 is 22.8 Å². The van der Waals surface area contributed by atoms with E-state index in [2.05, 4.69) is 15.6 Å². The number of nitrogens with one attached hydrogen (secondary N) is 2. The van der Waals surface area contributed by atoms with Crippen molar-refractivity contribution in [2.45, 2.75) is 19.5 Å². The Hall–Kier alpha value is -3.61. The van der Waals surface area contributed by atoms with Gasteiger partial charge in [0.25, 0.3) is 0 Å². The van der Waals surface area contributed by atoms with E-state index in [1.807, 2.05) is 0 Å². The lowest BCUT2D eigenvalue weighted by molar-refractivity contribution is -0.122. The maximum Gasteiger partial charge on any atom is 0.322 e. The van der Waals surface area contributed by atoms with Crippen LogP contribution in [0.4, 0.5) is 23.7 Å². The molecule has 0 bridgehead atoms. The van der Waals surface area contributed by atoms with E-state index in [0.29, 0.717) is 0 Å². The number of carbonyl (C=O) groups excluding carboxylic acids is 2. The van der Waals surface area contributed by atoms with Crippen molar-refractivity contribution in [3.8, 4) is 6.07 Å². The number of carbonyl (C=O) groups is 2. The molecule has 10 heteroatoms. The number of urea groups is 1. The SMILES string of the molecule is CC(NC(=O)CN1Cc2c(ccc(F)c2F)NC1=O)c1ncc(C#N)cc1F. The van der Waals surface area contributed by atoms with E-state index in [1.165, 1.54) is 19.2 Å². The van der Waals surface area contributed by atoms with Crippen LogP contribution in [0.5, 0.6) is 0 Å². The van der Waals surface area contributed by atoms with Crippen LogP contribution >= 0.6 is 0 Å². The third-order valence-corrected chi connectivity index (χ3v) is 4.19. The molecule has 1 aromatic heterocycles. The molecule has 0 spiro atoms. The third-order valence-electron chi connectivity index (χ3n) is 4.19. The van der Waals surface area contributed by atoms with Crippen LogP contribution in [0.2, 0.25) is 0 Å². The highest BCUT2D eigenvalue weighted by Crippen LogP contribution is 2.27. The van der Waals surface area contributed by atoms with E-state index in [-0.39, 0.29) is 29.1 Å². The van der Waals surface area contributed by atoms with Gasteiger partial charge in [-0.05, 0) is 25.1 Å². The van der Waals surface area contributed by atoms with E-state index in [4.69, 9.17) is 5.26 Å². The average molecular weight is 389 g/mol. The second-order valence-electron chi connectivity index (χ2n) is 6.17. The molecule has 2 heterocycles. The molecule has 1 aliphatic heterocycles. The molecular formula is C18H14F3N5O2. The molecule has 28 heavy (non-hydrogen) atoms. The number of benzene rings is 1. The predicted molar refractivity (Wildman–Crippen MR) is 91.3 cm³/mol. The summed E-state index contributed by atoms with van der Waals surface area (Å²) in [6.45, 7) is 0.732. The summed E-state index contributed by atoms with van der Waals surface area (Å²) in [5, 5.41) is 13.6. The Labute approximate surface area is 157 Å². The topological polar surface area (TPSA) is 98.1 Å². The van der Waals surface area contributed by atoms with Gasteiger partial charge in [0.2, 0.25) is 5.91 Å². The zero-order valence-corrected chi connectivity index (χ0v) is 14.6. The lowest BCUT2D eigenvalue weighted by Crippen LogP contribution is -2.45.